The first-order valence-corrected chi connectivity index (χ1v) is 3.91. The fraction of sp³-hybridized carbons (Fsp3) is 1.00. The number of nitrogens with one attached hydrogen (secondary N) is 2. The molecule has 0 aromatic carbocycles. The number of aliphatic hydroxyl groups is 1. The van der Waals surface area contributed by atoms with Crippen molar-refractivity contribution in [3.63, 3.8) is 0 Å². The second-order valence-electron chi connectivity index (χ2n) is 2.96. The Bertz CT molecular complexity index is 75.8. The summed E-state index contributed by atoms with van der Waals surface area (Å²) >= 11 is 0. The van der Waals surface area contributed by atoms with E-state index in [0.717, 1.165) is 13.1 Å². The van der Waals surface area contributed by atoms with Crippen LogP contribution >= 0.6 is 0 Å². The summed E-state index contributed by atoms with van der Waals surface area (Å²) in [7, 11) is 4.05. The van der Waals surface area contributed by atoms with Gasteiger partial charge < -0.3 is 10.0 Å². The summed E-state index contributed by atoms with van der Waals surface area (Å²) in [4.78, 5) is 2.09. The number of hydrazine groups is 1. The van der Waals surface area contributed by atoms with Crippen LogP contribution in [0, 0.1) is 0 Å². The van der Waals surface area contributed by atoms with E-state index >= 15 is 0 Å². The zero-order chi connectivity index (χ0) is 8.69. The summed E-state index contributed by atoms with van der Waals surface area (Å²) in [5.41, 5.74) is 5.91. The monoisotopic (exact) mass is 161 g/mol. The lowest BCUT2D eigenvalue weighted by molar-refractivity contribution is 0.184. The lowest BCUT2D eigenvalue weighted by Crippen LogP contribution is -2.40. The highest BCUT2D eigenvalue weighted by Gasteiger charge is 1.92. The van der Waals surface area contributed by atoms with Crippen molar-refractivity contribution in [1.82, 2.24) is 15.8 Å². The van der Waals surface area contributed by atoms with Crippen LogP contribution in [0.1, 0.15) is 6.92 Å². The molecule has 0 spiro atoms. The standard InChI is InChI=1S/C7H19N3O/c1-7(11)6-9-8-4-5-10(2)3/h7-9,11H,4-6H2,1-3H3. The minimum absolute atomic E-state index is 0.290. The number of hydrogen-bond donors (Lipinski definition) is 3. The van der Waals surface area contributed by atoms with Crippen LogP contribution in [-0.4, -0.2) is 49.8 Å². The van der Waals surface area contributed by atoms with Gasteiger partial charge in [-0.25, -0.2) is 0 Å². The van der Waals surface area contributed by atoms with Gasteiger partial charge in [0.15, 0.2) is 0 Å². The lowest BCUT2D eigenvalue weighted by atomic mass is 10.4. The Hall–Kier alpha value is -0.160. The van der Waals surface area contributed by atoms with Crippen molar-refractivity contribution < 1.29 is 5.11 Å². The summed E-state index contributed by atoms with van der Waals surface area (Å²) in [5, 5.41) is 8.85. The number of likely N-dealkylation sites (N-methyl/N-ethyl adjacent to an activating group) is 1. The van der Waals surface area contributed by atoms with Gasteiger partial charge in [0.25, 0.3) is 0 Å². The van der Waals surface area contributed by atoms with E-state index in [2.05, 4.69) is 15.8 Å². The lowest BCUT2D eigenvalue weighted by Gasteiger charge is -2.11. The number of hydrogen-bond acceptors (Lipinski definition) is 4. The molecular weight excluding hydrogens is 142 g/mol. The Morgan fingerprint density at radius 2 is 2.00 bits per heavy atom. The summed E-state index contributed by atoms with van der Waals surface area (Å²) < 4.78 is 0. The molecule has 1 atom stereocenters. The zero-order valence-electron chi connectivity index (χ0n) is 7.59. The molecule has 0 aliphatic rings. The van der Waals surface area contributed by atoms with Crippen LogP contribution in [0.5, 0.6) is 0 Å². The van der Waals surface area contributed by atoms with E-state index in [1.807, 2.05) is 14.1 Å². The molecule has 68 valence electrons. The van der Waals surface area contributed by atoms with Gasteiger partial charge in [0.1, 0.15) is 0 Å². The predicted molar refractivity (Wildman–Crippen MR) is 46.2 cm³/mol. The Labute approximate surface area is 68.6 Å². The van der Waals surface area contributed by atoms with E-state index in [-0.39, 0.29) is 6.10 Å². The van der Waals surface area contributed by atoms with E-state index in [9.17, 15) is 0 Å². The fourth-order valence-corrected chi connectivity index (χ4v) is 0.588. The molecular formula is C7H19N3O. The minimum atomic E-state index is -0.290. The maximum atomic E-state index is 8.85. The average Bonchev–Trinajstić information content (AvgIpc) is 1.85. The molecule has 0 heterocycles. The Morgan fingerprint density at radius 3 is 2.45 bits per heavy atom. The van der Waals surface area contributed by atoms with Gasteiger partial charge in [-0.05, 0) is 21.0 Å². The van der Waals surface area contributed by atoms with Gasteiger partial charge in [0, 0.05) is 19.6 Å². The zero-order valence-corrected chi connectivity index (χ0v) is 7.59. The van der Waals surface area contributed by atoms with Crippen LogP contribution in [0.2, 0.25) is 0 Å². The molecule has 0 aliphatic heterocycles. The topological polar surface area (TPSA) is 47.5 Å². The largest absolute Gasteiger partial charge is 0.392 e. The summed E-state index contributed by atoms with van der Waals surface area (Å²) in [6.07, 6.45) is -0.290. The third kappa shape index (κ3) is 9.84. The highest BCUT2D eigenvalue weighted by molar-refractivity contribution is 4.50. The smallest absolute Gasteiger partial charge is 0.0650 e. The first kappa shape index (κ1) is 10.8. The molecule has 4 heteroatoms. The van der Waals surface area contributed by atoms with Crippen LogP contribution in [0.4, 0.5) is 0 Å². The maximum absolute atomic E-state index is 8.85. The van der Waals surface area contributed by atoms with E-state index in [4.69, 9.17) is 5.11 Å². The molecule has 0 amide bonds. The summed E-state index contributed by atoms with van der Waals surface area (Å²) in [6, 6.07) is 0. The molecule has 1 unspecified atom stereocenters. The summed E-state index contributed by atoms with van der Waals surface area (Å²) in [5.74, 6) is 0. The Morgan fingerprint density at radius 1 is 1.36 bits per heavy atom. The third-order valence-electron chi connectivity index (χ3n) is 1.21. The molecule has 0 aromatic rings. The van der Waals surface area contributed by atoms with Gasteiger partial charge >= 0.3 is 0 Å². The molecule has 0 aliphatic carbocycles. The highest BCUT2D eigenvalue weighted by Crippen LogP contribution is 1.72. The molecule has 4 nitrogen and oxygen atoms in total. The Balaban J connectivity index is 2.91. The average molecular weight is 161 g/mol. The SMILES string of the molecule is CC(O)CNNCCN(C)C. The van der Waals surface area contributed by atoms with E-state index in [1.54, 1.807) is 6.92 Å². The van der Waals surface area contributed by atoms with Crippen molar-refractivity contribution >= 4 is 0 Å². The van der Waals surface area contributed by atoms with Crippen molar-refractivity contribution in [3.8, 4) is 0 Å². The quantitative estimate of drug-likeness (QED) is 0.346. The van der Waals surface area contributed by atoms with E-state index in [0.29, 0.717) is 6.54 Å². The number of rotatable bonds is 6. The molecule has 0 aromatic heterocycles. The number of nitrogens with zero attached hydrogens (tertiary/aromatic N) is 1. The predicted octanol–water partition coefficient (Wildman–Crippen LogP) is -0.977. The van der Waals surface area contributed by atoms with Crippen molar-refractivity contribution in [2.45, 2.75) is 13.0 Å². The molecule has 0 fully saturated rings. The van der Waals surface area contributed by atoms with Gasteiger partial charge in [0.2, 0.25) is 0 Å². The van der Waals surface area contributed by atoms with Crippen LogP contribution in [0.3, 0.4) is 0 Å². The van der Waals surface area contributed by atoms with Crippen LogP contribution in [-0.2, 0) is 0 Å². The third-order valence-corrected chi connectivity index (χ3v) is 1.21. The first-order valence-electron chi connectivity index (χ1n) is 3.91. The second kappa shape index (κ2) is 6.54. The molecule has 3 N–H and O–H groups in total. The van der Waals surface area contributed by atoms with Crippen molar-refractivity contribution in [1.29, 1.82) is 0 Å². The highest BCUT2D eigenvalue weighted by atomic mass is 16.3. The van der Waals surface area contributed by atoms with Gasteiger partial charge in [-0.3, -0.25) is 10.9 Å². The van der Waals surface area contributed by atoms with Crippen LogP contribution < -0.4 is 10.9 Å². The molecule has 11 heavy (non-hydrogen) atoms. The normalized spacial score (nSPS) is 13.9. The Kier molecular flexibility index (Phi) is 6.45. The fourth-order valence-electron chi connectivity index (χ4n) is 0.588. The maximum Gasteiger partial charge on any atom is 0.0650 e. The van der Waals surface area contributed by atoms with E-state index in [1.165, 1.54) is 0 Å². The minimum Gasteiger partial charge on any atom is -0.392 e. The van der Waals surface area contributed by atoms with Crippen molar-refractivity contribution in [2.75, 3.05) is 33.7 Å². The van der Waals surface area contributed by atoms with E-state index < -0.39 is 0 Å². The van der Waals surface area contributed by atoms with Crippen LogP contribution in [0.15, 0.2) is 0 Å². The number of aliphatic hydroxyl groups excluding tert-OH is 1. The summed E-state index contributed by atoms with van der Waals surface area (Å²) in [6.45, 7) is 4.22. The second-order valence-corrected chi connectivity index (χ2v) is 2.96. The van der Waals surface area contributed by atoms with Crippen molar-refractivity contribution in [3.05, 3.63) is 0 Å². The van der Waals surface area contributed by atoms with Crippen LogP contribution in [0.25, 0.3) is 0 Å². The molecule has 0 saturated carbocycles. The van der Waals surface area contributed by atoms with Gasteiger partial charge in [0.05, 0.1) is 6.10 Å². The van der Waals surface area contributed by atoms with Gasteiger partial charge in [-0.15, -0.1) is 0 Å². The van der Waals surface area contributed by atoms with Gasteiger partial charge in [-0.2, -0.15) is 0 Å². The van der Waals surface area contributed by atoms with Crippen molar-refractivity contribution in [2.24, 2.45) is 0 Å². The molecule has 0 bridgehead atoms. The molecule has 0 rings (SSSR count). The first-order chi connectivity index (χ1) is 5.13. The molecule has 0 saturated heterocycles. The van der Waals surface area contributed by atoms with Gasteiger partial charge in [-0.1, -0.05) is 0 Å². The molecule has 0 radical (unpaired) electrons.